The van der Waals surface area contributed by atoms with E-state index in [0.717, 1.165) is 12.0 Å². The zero-order valence-electron chi connectivity index (χ0n) is 12.1. The van der Waals surface area contributed by atoms with Crippen molar-refractivity contribution in [3.8, 4) is 0 Å². The first kappa shape index (κ1) is 13.4. The summed E-state index contributed by atoms with van der Waals surface area (Å²) in [6.07, 6.45) is 7.32. The van der Waals surface area contributed by atoms with E-state index < -0.39 is 0 Å². The van der Waals surface area contributed by atoms with E-state index in [-0.39, 0.29) is 0 Å². The van der Waals surface area contributed by atoms with Crippen LogP contribution >= 0.6 is 0 Å². The number of piperidine rings is 1. The van der Waals surface area contributed by atoms with Crippen molar-refractivity contribution in [1.29, 1.82) is 0 Å². The molecule has 1 N–H and O–H groups in total. The van der Waals surface area contributed by atoms with Crippen molar-refractivity contribution in [2.45, 2.75) is 65.0 Å². The molecule has 1 saturated carbocycles. The van der Waals surface area contributed by atoms with Crippen LogP contribution < -0.4 is 5.32 Å². The van der Waals surface area contributed by atoms with Crippen molar-refractivity contribution in [2.75, 3.05) is 20.1 Å². The summed E-state index contributed by atoms with van der Waals surface area (Å²) in [7, 11) is 2.08. The summed E-state index contributed by atoms with van der Waals surface area (Å²) < 4.78 is 0. The summed E-state index contributed by atoms with van der Waals surface area (Å²) in [6.45, 7) is 9.73. The van der Waals surface area contributed by atoms with E-state index in [1.165, 1.54) is 45.2 Å². The van der Waals surface area contributed by atoms with Gasteiger partial charge in [-0.15, -0.1) is 0 Å². The second-order valence-corrected chi connectivity index (χ2v) is 6.87. The third-order valence-electron chi connectivity index (χ3n) is 5.32. The maximum absolute atomic E-state index is 3.43. The molecule has 0 aromatic carbocycles. The highest BCUT2D eigenvalue weighted by Crippen LogP contribution is 2.38. The molecule has 2 nitrogen and oxygen atoms in total. The molecule has 2 aliphatic rings. The topological polar surface area (TPSA) is 15.3 Å². The normalized spacial score (nSPS) is 32.5. The van der Waals surface area contributed by atoms with E-state index in [9.17, 15) is 0 Å². The Kier molecular flexibility index (Phi) is 4.14. The largest absolute Gasteiger partial charge is 0.317 e. The summed E-state index contributed by atoms with van der Waals surface area (Å²) in [4.78, 5) is 2.80. The summed E-state index contributed by atoms with van der Waals surface area (Å²) in [6, 6.07) is 1.50. The van der Waals surface area contributed by atoms with Gasteiger partial charge in [-0.05, 0) is 57.5 Å². The average molecular weight is 238 g/mol. The fraction of sp³-hybridized carbons (Fsp3) is 1.00. The van der Waals surface area contributed by atoms with Crippen molar-refractivity contribution in [1.82, 2.24) is 10.2 Å². The Morgan fingerprint density at radius 3 is 2.65 bits per heavy atom. The molecule has 0 bridgehead atoms. The molecular formula is C15H30N2. The lowest BCUT2D eigenvalue weighted by molar-refractivity contribution is 0.0595. The highest BCUT2D eigenvalue weighted by Gasteiger charge is 2.38. The number of hydrogen-bond donors (Lipinski definition) is 1. The molecule has 1 heterocycles. The molecule has 1 aliphatic carbocycles. The Hall–Kier alpha value is -0.0800. The van der Waals surface area contributed by atoms with Crippen molar-refractivity contribution >= 4 is 0 Å². The van der Waals surface area contributed by atoms with Crippen LogP contribution in [0.1, 0.15) is 52.9 Å². The van der Waals surface area contributed by atoms with E-state index in [0.29, 0.717) is 11.5 Å². The molecular weight excluding hydrogens is 208 g/mol. The van der Waals surface area contributed by atoms with Crippen LogP contribution in [-0.4, -0.2) is 37.1 Å². The molecule has 3 atom stereocenters. The molecule has 2 fully saturated rings. The number of hydrogen-bond acceptors (Lipinski definition) is 2. The predicted octanol–water partition coefficient (Wildman–Crippen LogP) is 2.89. The van der Waals surface area contributed by atoms with E-state index in [1.54, 1.807) is 0 Å². The van der Waals surface area contributed by atoms with E-state index >= 15 is 0 Å². The minimum absolute atomic E-state index is 0.374. The van der Waals surface area contributed by atoms with Gasteiger partial charge >= 0.3 is 0 Å². The number of rotatable bonds is 4. The first-order chi connectivity index (χ1) is 8.04. The lowest BCUT2D eigenvalue weighted by atomic mass is 9.82. The molecule has 0 amide bonds. The summed E-state index contributed by atoms with van der Waals surface area (Å²) in [5.41, 5.74) is 0.374. The number of fused-ring (bicyclic) bond motifs is 1. The van der Waals surface area contributed by atoms with Gasteiger partial charge in [-0.3, -0.25) is 4.90 Å². The van der Waals surface area contributed by atoms with Gasteiger partial charge in [0.2, 0.25) is 0 Å². The van der Waals surface area contributed by atoms with Gasteiger partial charge in [-0.2, -0.15) is 0 Å². The monoisotopic (exact) mass is 238 g/mol. The standard InChI is InChI=1S/C15H30N2/c1-12(16-4)15(2,3)11-17-10-6-8-13-7-5-9-14(13)17/h12-14,16H,5-11H2,1-4H3. The first-order valence-electron chi connectivity index (χ1n) is 7.46. The third-order valence-corrected chi connectivity index (χ3v) is 5.32. The van der Waals surface area contributed by atoms with Gasteiger partial charge in [0.25, 0.3) is 0 Å². The Labute approximate surface area is 107 Å². The van der Waals surface area contributed by atoms with Crippen molar-refractivity contribution in [2.24, 2.45) is 11.3 Å². The van der Waals surface area contributed by atoms with Crippen molar-refractivity contribution in [3.63, 3.8) is 0 Å². The van der Waals surface area contributed by atoms with Crippen LogP contribution in [0.2, 0.25) is 0 Å². The number of nitrogens with one attached hydrogen (secondary N) is 1. The Balaban J connectivity index is 1.97. The van der Waals surface area contributed by atoms with Gasteiger partial charge in [0.1, 0.15) is 0 Å². The van der Waals surface area contributed by atoms with E-state index in [4.69, 9.17) is 0 Å². The highest BCUT2D eigenvalue weighted by molar-refractivity contribution is 4.92. The van der Waals surface area contributed by atoms with Gasteiger partial charge in [-0.25, -0.2) is 0 Å². The van der Waals surface area contributed by atoms with E-state index in [2.05, 4.69) is 38.0 Å². The van der Waals surface area contributed by atoms with Gasteiger partial charge in [0.05, 0.1) is 0 Å². The minimum Gasteiger partial charge on any atom is -0.317 e. The van der Waals surface area contributed by atoms with Crippen LogP contribution in [-0.2, 0) is 0 Å². The molecule has 0 spiro atoms. The molecule has 0 aromatic rings. The fourth-order valence-electron chi connectivity index (χ4n) is 3.80. The van der Waals surface area contributed by atoms with Crippen LogP contribution in [0.25, 0.3) is 0 Å². The second kappa shape index (κ2) is 5.27. The smallest absolute Gasteiger partial charge is 0.0124 e. The maximum Gasteiger partial charge on any atom is 0.0124 e. The molecule has 1 saturated heterocycles. The maximum atomic E-state index is 3.43. The van der Waals surface area contributed by atoms with Crippen LogP contribution in [0.5, 0.6) is 0 Å². The molecule has 2 heteroatoms. The highest BCUT2D eigenvalue weighted by atomic mass is 15.2. The van der Waals surface area contributed by atoms with Gasteiger partial charge < -0.3 is 5.32 Å². The third kappa shape index (κ3) is 2.85. The van der Waals surface area contributed by atoms with Gasteiger partial charge in [0, 0.05) is 18.6 Å². The lowest BCUT2D eigenvalue weighted by Crippen LogP contribution is -2.51. The average Bonchev–Trinajstić information content (AvgIpc) is 2.76. The quantitative estimate of drug-likeness (QED) is 0.810. The summed E-state index contributed by atoms with van der Waals surface area (Å²) in [5.74, 6) is 1.02. The summed E-state index contributed by atoms with van der Waals surface area (Å²) in [5, 5.41) is 3.43. The van der Waals surface area contributed by atoms with Gasteiger partial charge in [-0.1, -0.05) is 20.3 Å². The lowest BCUT2D eigenvalue weighted by Gasteiger charge is -2.44. The number of nitrogens with zero attached hydrogens (tertiary/aromatic N) is 1. The van der Waals surface area contributed by atoms with Crippen LogP contribution in [0.15, 0.2) is 0 Å². The first-order valence-corrected chi connectivity index (χ1v) is 7.46. The summed E-state index contributed by atoms with van der Waals surface area (Å²) >= 11 is 0. The Morgan fingerprint density at radius 1 is 1.24 bits per heavy atom. The molecule has 17 heavy (non-hydrogen) atoms. The molecule has 1 aliphatic heterocycles. The van der Waals surface area contributed by atoms with E-state index in [1.807, 2.05) is 0 Å². The molecule has 0 aromatic heterocycles. The van der Waals surface area contributed by atoms with Crippen molar-refractivity contribution in [3.05, 3.63) is 0 Å². The van der Waals surface area contributed by atoms with Crippen LogP contribution in [0.4, 0.5) is 0 Å². The molecule has 3 unspecified atom stereocenters. The fourth-order valence-corrected chi connectivity index (χ4v) is 3.80. The Morgan fingerprint density at radius 2 is 1.94 bits per heavy atom. The van der Waals surface area contributed by atoms with Crippen molar-refractivity contribution < 1.29 is 0 Å². The van der Waals surface area contributed by atoms with Crippen LogP contribution in [0, 0.1) is 11.3 Å². The Bertz CT molecular complexity index is 249. The molecule has 100 valence electrons. The zero-order chi connectivity index (χ0) is 12.5. The zero-order valence-corrected chi connectivity index (χ0v) is 12.1. The second-order valence-electron chi connectivity index (χ2n) is 6.87. The molecule has 0 radical (unpaired) electrons. The molecule has 2 rings (SSSR count). The predicted molar refractivity (Wildman–Crippen MR) is 74.2 cm³/mol. The van der Waals surface area contributed by atoms with Crippen LogP contribution in [0.3, 0.4) is 0 Å². The number of likely N-dealkylation sites (tertiary alicyclic amines) is 1. The minimum atomic E-state index is 0.374. The van der Waals surface area contributed by atoms with Gasteiger partial charge in [0.15, 0.2) is 0 Å². The SMILES string of the molecule is CNC(C)C(C)(C)CN1CCCC2CCCC21.